The van der Waals surface area contributed by atoms with Crippen molar-refractivity contribution >= 4 is 15.9 Å². The second-order valence-electron chi connectivity index (χ2n) is 3.86. The summed E-state index contributed by atoms with van der Waals surface area (Å²) in [5, 5.41) is 14.1. The second-order valence-corrected chi connectivity index (χ2v) is 4.57. The van der Waals surface area contributed by atoms with Crippen LogP contribution in [-0.2, 0) is 0 Å². The van der Waals surface area contributed by atoms with Crippen LogP contribution in [0.5, 0.6) is 0 Å². The molecule has 1 aliphatic heterocycles. The van der Waals surface area contributed by atoms with E-state index in [9.17, 15) is 5.11 Å². The van der Waals surface area contributed by atoms with Gasteiger partial charge in [0.2, 0.25) is 4.73 Å². The number of hydrogen-bond donors (Lipinski definition) is 1. The van der Waals surface area contributed by atoms with E-state index < -0.39 is 6.10 Å². The number of aromatic nitrogens is 3. The average molecular weight is 280 g/mol. The molecule has 3 rings (SSSR count). The number of nitrogens with zero attached hydrogens (tertiary/aromatic N) is 3. The smallest absolute Gasteiger partial charge is 0.217 e. The lowest BCUT2D eigenvalue weighted by Crippen LogP contribution is -2.07. The summed E-state index contributed by atoms with van der Waals surface area (Å²) in [7, 11) is 0. The largest absolute Gasteiger partial charge is 0.385 e. The van der Waals surface area contributed by atoms with Crippen LogP contribution in [0.25, 0.3) is 0 Å². The minimum Gasteiger partial charge on any atom is -0.385 e. The van der Waals surface area contributed by atoms with Crippen LogP contribution in [0.1, 0.15) is 30.0 Å². The molecular weight excluding hydrogens is 270 g/mol. The van der Waals surface area contributed by atoms with Crippen LogP contribution in [0.15, 0.2) is 35.1 Å². The van der Waals surface area contributed by atoms with E-state index in [1.807, 2.05) is 30.3 Å². The molecule has 2 heterocycles. The van der Waals surface area contributed by atoms with Crippen molar-refractivity contribution in [1.82, 2.24) is 14.8 Å². The summed E-state index contributed by atoms with van der Waals surface area (Å²) >= 11 is 3.23. The Kier molecular flexibility index (Phi) is 2.29. The number of halogens is 1. The molecule has 82 valence electrons. The molecule has 0 saturated heterocycles. The van der Waals surface area contributed by atoms with Gasteiger partial charge < -0.3 is 5.11 Å². The summed E-state index contributed by atoms with van der Waals surface area (Å²) in [5.74, 6) is 0.640. The van der Waals surface area contributed by atoms with Crippen LogP contribution in [0, 0.1) is 0 Å². The maximum absolute atomic E-state index is 9.88. The number of rotatable bonds is 1. The van der Waals surface area contributed by atoms with E-state index in [1.54, 1.807) is 4.68 Å². The van der Waals surface area contributed by atoms with Gasteiger partial charge in [-0.2, -0.15) is 0 Å². The van der Waals surface area contributed by atoms with E-state index in [2.05, 4.69) is 26.0 Å². The standard InChI is InChI=1S/C11H10BrN3O/c12-11-13-10-9(16)6-8(15(10)14-11)7-4-2-1-3-5-7/h1-5,8-9,16H,6H2/t8-,9-/m0/s1. The summed E-state index contributed by atoms with van der Waals surface area (Å²) in [6.45, 7) is 0. The third-order valence-electron chi connectivity index (χ3n) is 2.86. The summed E-state index contributed by atoms with van der Waals surface area (Å²) in [6.07, 6.45) is 0.121. The predicted molar refractivity (Wildman–Crippen MR) is 61.9 cm³/mol. The van der Waals surface area contributed by atoms with Crippen molar-refractivity contribution in [2.75, 3.05) is 0 Å². The molecule has 1 N–H and O–H groups in total. The van der Waals surface area contributed by atoms with Gasteiger partial charge in [0.1, 0.15) is 6.10 Å². The number of fused-ring (bicyclic) bond motifs is 1. The second kappa shape index (κ2) is 3.68. The Morgan fingerprint density at radius 2 is 2.06 bits per heavy atom. The quantitative estimate of drug-likeness (QED) is 0.870. The maximum atomic E-state index is 9.88. The third-order valence-corrected chi connectivity index (χ3v) is 3.19. The van der Waals surface area contributed by atoms with Crippen LogP contribution in [-0.4, -0.2) is 19.9 Å². The molecule has 0 aliphatic carbocycles. The molecule has 4 nitrogen and oxygen atoms in total. The topological polar surface area (TPSA) is 50.9 Å². The number of aliphatic hydroxyl groups is 1. The summed E-state index contributed by atoms with van der Waals surface area (Å²) in [4.78, 5) is 4.17. The SMILES string of the molecule is O[C@H]1C[C@@H](c2ccccc2)n2nc(Br)nc21. The zero-order chi connectivity index (χ0) is 11.1. The van der Waals surface area contributed by atoms with Gasteiger partial charge >= 0.3 is 0 Å². The van der Waals surface area contributed by atoms with Crippen molar-refractivity contribution in [3.8, 4) is 0 Å². The fraction of sp³-hybridized carbons (Fsp3) is 0.273. The lowest BCUT2D eigenvalue weighted by Gasteiger charge is -2.11. The molecular formula is C11H10BrN3O. The first-order valence-corrected chi connectivity index (χ1v) is 5.90. The molecule has 1 aliphatic rings. The lowest BCUT2D eigenvalue weighted by molar-refractivity contribution is 0.172. The molecule has 0 unspecified atom stereocenters. The van der Waals surface area contributed by atoms with Crippen LogP contribution >= 0.6 is 15.9 Å². The zero-order valence-electron chi connectivity index (χ0n) is 8.42. The molecule has 0 radical (unpaired) electrons. The Hall–Kier alpha value is -1.20. The minimum absolute atomic E-state index is 0.0880. The van der Waals surface area contributed by atoms with Crippen LogP contribution < -0.4 is 0 Å². The van der Waals surface area contributed by atoms with Crippen molar-refractivity contribution in [1.29, 1.82) is 0 Å². The van der Waals surface area contributed by atoms with E-state index in [0.717, 1.165) is 5.56 Å². The number of benzene rings is 1. The molecule has 5 heteroatoms. The predicted octanol–water partition coefficient (Wildman–Crippen LogP) is 2.07. The Bertz CT molecular complexity index is 511. The molecule has 1 aromatic carbocycles. The summed E-state index contributed by atoms with van der Waals surface area (Å²) in [5.41, 5.74) is 1.15. The van der Waals surface area contributed by atoms with E-state index in [0.29, 0.717) is 17.0 Å². The molecule has 0 amide bonds. The first kappa shape index (κ1) is 9.99. The highest BCUT2D eigenvalue weighted by atomic mass is 79.9. The highest BCUT2D eigenvalue weighted by molar-refractivity contribution is 9.10. The van der Waals surface area contributed by atoms with Gasteiger partial charge in [-0.15, -0.1) is 5.10 Å². The van der Waals surface area contributed by atoms with Crippen LogP contribution in [0.2, 0.25) is 0 Å². The average Bonchev–Trinajstić information content (AvgIpc) is 2.80. The van der Waals surface area contributed by atoms with Crippen molar-refractivity contribution in [3.05, 3.63) is 46.5 Å². The van der Waals surface area contributed by atoms with Crippen molar-refractivity contribution in [3.63, 3.8) is 0 Å². The molecule has 2 aromatic rings. The molecule has 0 spiro atoms. The van der Waals surface area contributed by atoms with Gasteiger partial charge in [-0.05, 0) is 21.5 Å². The summed E-state index contributed by atoms with van der Waals surface area (Å²) < 4.78 is 2.33. The highest BCUT2D eigenvalue weighted by Crippen LogP contribution is 2.37. The van der Waals surface area contributed by atoms with E-state index >= 15 is 0 Å². The lowest BCUT2D eigenvalue weighted by atomic mass is 10.0. The molecule has 16 heavy (non-hydrogen) atoms. The van der Waals surface area contributed by atoms with Crippen molar-refractivity contribution < 1.29 is 5.11 Å². The fourth-order valence-electron chi connectivity index (χ4n) is 2.13. The number of hydrogen-bond acceptors (Lipinski definition) is 3. The number of aliphatic hydroxyl groups excluding tert-OH is 1. The van der Waals surface area contributed by atoms with Gasteiger partial charge in [-0.25, -0.2) is 9.67 Å². The highest BCUT2D eigenvalue weighted by Gasteiger charge is 2.33. The van der Waals surface area contributed by atoms with E-state index in [-0.39, 0.29) is 6.04 Å². The van der Waals surface area contributed by atoms with Gasteiger partial charge in [0, 0.05) is 6.42 Å². The Morgan fingerprint density at radius 1 is 1.31 bits per heavy atom. The Balaban J connectivity index is 2.06. The van der Waals surface area contributed by atoms with Crippen molar-refractivity contribution in [2.45, 2.75) is 18.6 Å². The van der Waals surface area contributed by atoms with Gasteiger partial charge in [-0.3, -0.25) is 0 Å². The summed E-state index contributed by atoms with van der Waals surface area (Å²) in [6, 6.07) is 10.1. The molecule has 0 bridgehead atoms. The van der Waals surface area contributed by atoms with E-state index in [1.165, 1.54) is 0 Å². The molecule has 1 aromatic heterocycles. The monoisotopic (exact) mass is 279 g/mol. The zero-order valence-corrected chi connectivity index (χ0v) is 10.0. The minimum atomic E-state index is -0.524. The van der Waals surface area contributed by atoms with Gasteiger partial charge in [0.05, 0.1) is 6.04 Å². The fourth-order valence-corrected chi connectivity index (χ4v) is 2.49. The first-order chi connectivity index (χ1) is 7.75. The molecule has 0 fully saturated rings. The van der Waals surface area contributed by atoms with Crippen LogP contribution in [0.3, 0.4) is 0 Å². The van der Waals surface area contributed by atoms with Crippen LogP contribution in [0.4, 0.5) is 0 Å². The van der Waals surface area contributed by atoms with Gasteiger partial charge in [-0.1, -0.05) is 30.3 Å². The normalized spacial score (nSPS) is 23.4. The Labute approximate surface area is 101 Å². The van der Waals surface area contributed by atoms with Gasteiger partial charge in [0.25, 0.3) is 0 Å². The molecule has 0 saturated carbocycles. The first-order valence-electron chi connectivity index (χ1n) is 5.10. The van der Waals surface area contributed by atoms with Gasteiger partial charge in [0.15, 0.2) is 5.82 Å². The maximum Gasteiger partial charge on any atom is 0.217 e. The Morgan fingerprint density at radius 3 is 2.81 bits per heavy atom. The molecule has 2 atom stereocenters. The third kappa shape index (κ3) is 1.47. The van der Waals surface area contributed by atoms with E-state index in [4.69, 9.17) is 0 Å². The van der Waals surface area contributed by atoms with Crippen molar-refractivity contribution in [2.24, 2.45) is 0 Å².